The molecule has 4 heteroatoms. The lowest BCUT2D eigenvalue weighted by atomic mass is 9.85. The van der Waals surface area contributed by atoms with Crippen molar-refractivity contribution in [1.82, 2.24) is 9.80 Å². The number of aliphatic hydroxyl groups is 1. The van der Waals surface area contributed by atoms with Gasteiger partial charge in [0.2, 0.25) is 0 Å². The Morgan fingerprint density at radius 1 is 0.964 bits per heavy atom. The normalized spacial score (nSPS) is 24.5. The first-order chi connectivity index (χ1) is 13.6. The average Bonchev–Trinajstić information content (AvgIpc) is 2.74. The lowest BCUT2D eigenvalue weighted by Gasteiger charge is -2.43. The van der Waals surface area contributed by atoms with Crippen LogP contribution in [0.25, 0.3) is 0 Å². The first-order valence-corrected chi connectivity index (χ1v) is 10.4. The van der Waals surface area contributed by atoms with Crippen LogP contribution in [-0.4, -0.2) is 65.6 Å². The van der Waals surface area contributed by atoms with Crippen molar-refractivity contribution in [2.24, 2.45) is 5.92 Å². The Morgan fingerprint density at radius 3 is 2.25 bits per heavy atom. The van der Waals surface area contributed by atoms with Crippen LogP contribution in [0.15, 0.2) is 54.6 Å². The number of aliphatic hydroxyl groups excluding tert-OH is 1. The van der Waals surface area contributed by atoms with E-state index >= 15 is 0 Å². The second-order valence-electron chi connectivity index (χ2n) is 8.28. The van der Waals surface area contributed by atoms with Crippen molar-refractivity contribution in [3.63, 3.8) is 0 Å². The number of rotatable bonds is 5. The zero-order chi connectivity index (χ0) is 19.5. The molecule has 148 valence electrons. The number of nitrogens with zero attached hydrogens (tertiary/aromatic N) is 2. The van der Waals surface area contributed by atoms with Crippen LogP contribution in [0.1, 0.15) is 28.4 Å². The van der Waals surface area contributed by atoms with Crippen LogP contribution < -0.4 is 0 Å². The van der Waals surface area contributed by atoms with Crippen LogP contribution in [0, 0.1) is 5.92 Å². The highest BCUT2D eigenvalue weighted by atomic mass is 16.3. The smallest absolute Gasteiger partial charge is 0.166 e. The first-order valence-electron chi connectivity index (χ1n) is 10.4. The number of hydrogen-bond donors (Lipinski definition) is 1. The molecule has 3 atom stereocenters. The third kappa shape index (κ3) is 4.19. The fourth-order valence-corrected chi connectivity index (χ4v) is 4.69. The zero-order valence-electron chi connectivity index (χ0n) is 16.6. The van der Waals surface area contributed by atoms with Gasteiger partial charge in [0.1, 0.15) is 0 Å². The van der Waals surface area contributed by atoms with Gasteiger partial charge in [-0.15, -0.1) is 0 Å². The lowest BCUT2D eigenvalue weighted by molar-refractivity contribution is 0.0121. The Balaban J connectivity index is 1.31. The maximum Gasteiger partial charge on any atom is 0.166 e. The van der Waals surface area contributed by atoms with Crippen molar-refractivity contribution in [2.75, 3.05) is 32.7 Å². The molecule has 2 aromatic carbocycles. The highest BCUT2D eigenvalue weighted by molar-refractivity contribution is 5.97. The summed E-state index contributed by atoms with van der Waals surface area (Å²) in [6.07, 6.45) is 1.39. The second kappa shape index (κ2) is 8.56. The largest absolute Gasteiger partial charge is 0.391 e. The van der Waals surface area contributed by atoms with Gasteiger partial charge in [-0.05, 0) is 17.5 Å². The standard InChI is InChI=1S/C24H30N2O2/c1-18(24(28)19-7-3-2-4-8-19)17-25-11-13-26(14-12-25)22-15-20-9-5-6-10-21(20)16-23(22)27/h2-10,18,22-23,27H,11-17H2,1H3/t18?,22-,23-/m1/s1. The molecule has 0 spiro atoms. The minimum Gasteiger partial charge on any atom is -0.391 e. The van der Waals surface area contributed by atoms with Crippen molar-refractivity contribution in [2.45, 2.75) is 31.9 Å². The summed E-state index contributed by atoms with van der Waals surface area (Å²) in [7, 11) is 0. The molecule has 1 fully saturated rings. The molecule has 0 amide bonds. The molecular weight excluding hydrogens is 348 g/mol. The van der Waals surface area contributed by atoms with Crippen LogP contribution in [-0.2, 0) is 12.8 Å². The Labute approximate surface area is 167 Å². The van der Waals surface area contributed by atoms with Crippen molar-refractivity contribution >= 4 is 5.78 Å². The Bertz CT molecular complexity index is 799. The molecule has 4 nitrogen and oxygen atoms in total. The molecule has 0 saturated carbocycles. The van der Waals surface area contributed by atoms with Gasteiger partial charge in [0.05, 0.1) is 6.10 Å². The van der Waals surface area contributed by atoms with Gasteiger partial charge < -0.3 is 10.0 Å². The Hall–Kier alpha value is -2.01. The predicted octanol–water partition coefficient (Wildman–Crippen LogP) is 2.65. The van der Waals surface area contributed by atoms with Crippen molar-refractivity contribution < 1.29 is 9.90 Å². The van der Waals surface area contributed by atoms with Gasteiger partial charge in [-0.25, -0.2) is 0 Å². The predicted molar refractivity (Wildman–Crippen MR) is 112 cm³/mol. The van der Waals surface area contributed by atoms with E-state index in [1.807, 2.05) is 37.3 Å². The quantitative estimate of drug-likeness (QED) is 0.813. The van der Waals surface area contributed by atoms with Gasteiger partial charge in [0, 0.05) is 56.7 Å². The van der Waals surface area contributed by atoms with E-state index in [4.69, 9.17) is 0 Å². The van der Waals surface area contributed by atoms with Gasteiger partial charge >= 0.3 is 0 Å². The molecular formula is C24H30N2O2. The number of carbonyl (C=O) groups is 1. The second-order valence-corrected chi connectivity index (χ2v) is 8.28. The SMILES string of the molecule is CC(CN1CCN([C@@H]2Cc3ccccc3C[C@H]2O)CC1)C(=O)c1ccccc1. The molecule has 28 heavy (non-hydrogen) atoms. The summed E-state index contributed by atoms with van der Waals surface area (Å²) in [6, 6.07) is 18.3. The van der Waals surface area contributed by atoms with E-state index in [9.17, 15) is 9.90 Å². The molecule has 1 heterocycles. The summed E-state index contributed by atoms with van der Waals surface area (Å²) in [6.45, 7) is 6.65. The van der Waals surface area contributed by atoms with E-state index in [1.54, 1.807) is 0 Å². The molecule has 1 aliphatic carbocycles. The fraction of sp³-hybridized carbons (Fsp3) is 0.458. The van der Waals surface area contributed by atoms with Crippen molar-refractivity contribution in [3.8, 4) is 0 Å². The maximum absolute atomic E-state index is 12.6. The van der Waals surface area contributed by atoms with E-state index < -0.39 is 0 Å². The fourth-order valence-electron chi connectivity index (χ4n) is 4.69. The number of piperazine rings is 1. The van der Waals surface area contributed by atoms with Crippen molar-refractivity contribution in [1.29, 1.82) is 0 Å². The van der Waals surface area contributed by atoms with Gasteiger partial charge in [0.15, 0.2) is 5.78 Å². The zero-order valence-corrected chi connectivity index (χ0v) is 16.6. The minimum atomic E-state index is -0.292. The molecule has 1 N–H and O–H groups in total. The number of benzene rings is 2. The highest BCUT2D eigenvalue weighted by Gasteiger charge is 2.33. The summed E-state index contributed by atoms with van der Waals surface area (Å²) in [5.41, 5.74) is 3.47. The van der Waals surface area contributed by atoms with Crippen LogP contribution >= 0.6 is 0 Å². The Morgan fingerprint density at radius 2 is 1.57 bits per heavy atom. The van der Waals surface area contributed by atoms with E-state index in [0.717, 1.165) is 51.1 Å². The summed E-state index contributed by atoms with van der Waals surface area (Å²) >= 11 is 0. The summed E-state index contributed by atoms with van der Waals surface area (Å²) in [5, 5.41) is 10.7. The molecule has 0 radical (unpaired) electrons. The number of carbonyl (C=O) groups excluding carboxylic acids is 1. The number of Topliss-reactive ketones (excluding diaryl/α,β-unsaturated/α-hetero) is 1. The molecule has 2 aliphatic rings. The number of fused-ring (bicyclic) bond motifs is 1. The van der Waals surface area contributed by atoms with E-state index in [2.05, 4.69) is 34.1 Å². The first kappa shape index (κ1) is 19.3. The number of hydrogen-bond acceptors (Lipinski definition) is 4. The molecule has 1 saturated heterocycles. The van der Waals surface area contributed by atoms with Crippen LogP contribution in [0.4, 0.5) is 0 Å². The third-order valence-corrected chi connectivity index (χ3v) is 6.33. The highest BCUT2D eigenvalue weighted by Crippen LogP contribution is 2.26. The molecule has 1 unspecified atom stereocenters. The summed E-state index contributed by atoms with van der Waals surface area (Å²) < 4.78 is 0. The van der Waals surface area contributed by atoms with Crippen LogP contribution in [0.2, 0.25) is 0 Å². The molecule has 1 aliphatic heterocycles. The lowest BCUT2D eigenvalue weighted by Crippen LogP contribution is -2.56. The summed E-state index contributed by atoms with van der Waals surface area (Å²) in [5.74, 6) is 0.225. The summed E-state index contributed by atoms with van der Waals surface area (Å²) in [4.78, 5) is 17.5. The topological polar surface area (TPSA) is 43.8 Å². The monoisotopic (exact) mass is 378 g/mol. The average molecular weight is 379 g/mol. The van der Waals surface area contributed by atoms with Gasteiger partial charge in [-0.1, -0.05) is 61.5 Å². The number of ketones is 1. The van der Waals surface area contributed by atoms with E-state index in [0.29, 0.717) is 0 Å². The van der Waals surface area contributed by atoms with Crippen LogP contribution in [0.5, 0.6) is 0 Å². The molecule has 0 bridgehead atoms. The van der Waals surface area contributed by atoms with Gasteiger partial charge in [0.25, 0.3) is 0 Å². The van der Waals surface area contributed by atoms with Crippen LogP contribution in [0.3, 0.4) is 0 Å². The van der Waals surface area contributed by atoms with Gasteiger partial charge in [-0.2, -0.15) is 0 Å². The van der Waals surface area contributed by atoms with E-state index in [-0.39, 0.29) is 23.8 Å². The molecule has 4 rings (SSSR count). The minimum absolute atomic E-state index is 0.00102. The molecule has 0 aromatic heterocycles. The van der Waals surface area contributed by atoms with Gasteiger partial charge in [-0.3, -0.25) is 9.69 Å². The maximum atomic E-state index is 12.6. The third-order valence-electron chi connectivity index (χ3n) is 6.33. The van der Waals surface area contributed by atoms with E-state index in [1.165, 1.54) is 11.1 Å². The molecule has 2 aromatic rings. The Kier molecular flexibility index (Phi) is 5.90. The van der Waals surface area contributed by atoms with Crippen molar-refractivity contribution in [3.05, 3.63) is 71.3 Å².